The molecule has 0 atom stereocenters. The number of methoxy groups -OCH3 is 1. The first kappa shape index (κ1) is 10.7. The van der Waals surface area contributed by atoms with E-state index in [1.807, 2.05) is 38.1 Å². The number of aliphatic hydroxyl groups is 1. The van der Waals surface area contributed by atoms with Crippen LogP contribution in [0.25, 0.3) is 0 Å². The van der Waals surface area contributed by atoms with Crippen LogP contribution in [0.4, 0.5) is 0 Å². The minimum Gasteiger partial charge on any atom is -0.385 e. The van der Waals surface area contributed by atoms with Crippen LogP contribution in [0.15, 0.2) is 24.3 Å². The SMILES string of the molecule is COC(C)(C)c1ccc(C2(O)CC2)cc1. The first-order valence-corrected chi connectivity index (χ1v) is 5.36. The fourth-order valence-corrected chi connectivity index (χ4v) is 1.71. The maximum atomic E-state index is 9.92. The van der Waals surface area contributed by atoms with Gasteiger partial charge in [0.25, 0.3) is 0 Å². The molecule has 1 aliphatic carbocycles. The van der Waals surface area contributed by atoms with Crippen LogP contribution < -0.4 is 0 Å². The van der Waals surface area contributed by atoms with Crippen molar-refractivity contribution in [3.63, 3.8) is 0 Å². The normalized spacial score (nSPS) is 18.9. The molecule has 2 nitrogen and oxygen atoms in total. The van der Waals surface area contributed by atoms with Crippen molar-refractivity contribution < 1.29 is 9.84 Å². The molecule has 0 amide bonds. The molecule has 1 aliphatic rings. The van der Waals surface area contributed by atoms with Crippen LogP contribution in [0.1, 0.15) is 37.8 Å². The fraction of sp³-hybridized carbons (Fsp3) is 0.538. The molecule has 0 unspecified atom stereocenters. The Morgan fingerprint density at radius 1 is 1.20 bits per heavy atom. The van der Waals surface area contributed by atoms with Crippen LogP contribution in [0.5, 0.6) is 0 Å². The van der Waals surface area contributed by atoms with Gasteiger partial charge in [-0.05, 0) is 37.8 Å². The van der Waals surface area contributed by atoms with E-state index in [0.29, 0.717) is 0 Å². The molecular formula is C13H18O2. The summed E-state index contributed by atoms with van der Waals surface area (Å²) in [5, 5.41) is 9.92. The molecule has 1 N–H and O–H groups in total. The first-order valence-electron chi connectivity index (χ1n) is 5.36. The van der Waals surface area contributed by atoms with Gasteiger partial charge in [0.05, 0.1) is 11.2 Å². The first-order chi connectivity index (χ1) is 6.98. The molecule has 0 aromatic heterocycles. The monoisotopic (exact) mass is 206 g/mol. The van der Waals surface area contributed by atoms with Gasteiger partial charge in [0, 0.05) is 7.11 Å². The van der Waals surface area contributed by atoms with E-state index in [2.05, 4.69) is 0 Å². The predicted molar refractivity (Wildman–Crippen MR) is 59.6 cm³/mol. The molecule has 2 heteroatoms. The van der Waals surface area contributed by atoms with Crippen LogP contribution in [0.2, 0.25) is 0 Å². The summed E-state index contributed by atoms with van der Waals surface area (Å²) in [5.74, 6) is 0. The second kappa shape index (κ2) is 3.32. The molecule has 0 spiro atoms. The zero-order chi connectivity index (χ0) is 11.1. The predicted octanol–water partition coefficient (Wildman–Crippen LogP) is 2.55. The summed E-state index contributed by atoms with van der Waals surface area (Å²) in [5.41, 5.74) is 1.37. The van der Waals surface area contributed by atoms with Crippen molar-refractivity contribution in [2.45, 2.75) is 37.9 Å². The van der Waals surface area contributed by atoms with Crippen molar-refractivity contribution in [1.29, 1.82) is 0 Å². The second-order valence-corrected chi connectivity index (χ2v) is 4.82. The standard InChI is InChI=1S/C13H18O2/c1-12(2,15-3)10-4-6-11(7-5-10)13(14)8-9-13/h4-7,14H,8-9H2,1-3H3. The van der Waals surface area contributed by atoms with E-state index in [9.17, 15) is 5.11 Å². The summed E-state index contributed by atoms with van der Waals surface area (Å²) in [6.45, 7) is 4.07. The summed E-state index contributed by atoms with van der Waals surface area (Å²) < 4.78 is 5.40. The van der Waals surface area contributed by atoms with Crippen molar-refractivity contribution in [3.05, 3.63) is 35.4 Å². The third-order valence-electron chi connectivity index (χ3n) is 3.35. The highest BCUT2D eigenvalue weighted by Crippen LogP contribution is 2.45. The van der Waals surface area contributed by atoms with Crippen LogP contribution in [0, 0.1) is 0 Å². The number of ether oxygens (including phenoxy) is 1. The largest absolute Gasteiger partial charge is 0.385 e. The summed E-state index contributed by atoms with van der Waals surface area (Å²) in [7, 11) is 1.71. The maximum Gasteiger partial charge on any atom is 0.0899 e. The Balaban J connectivity index is 2.24. The van der Waals surface area contributed by atoms with Crippen LogP contribution in [-0.2, 0) is 15.9 Å². The molecule has 0 aliphatic heterocycles. The Kier molecular flexibility index (Phi) is 2.36. The van der Waals surface area contributed by atoms with Gasteiger partial charge in [-0.2, -0.15) is 0 Å². The third-order valence-corrected chi connectivity index (χ3v) is 3.35. The van der Waals surface area contributed by atoms with Crippen LogP contribution in [-0.4, -0.2) is 12.2 Å². The highest BCUT2D eigenvalue weighted by molar-refractivity contribution is 5.32. The molecule has 82 valence electrons. The van der Waals surface area contributed by atoms with E-state index in [1.54, 1.807) is 7.11 Å². The minimum absolute atomic E-state index is 0.259. The van der Waals surface area contributed by atoms with E-state index < -0.39 is 5.60 Å². The van der Waals surface area contributed by atoms with Crippen molar-refractivity contribution in [2.75, 3.05) is 7.11 Å². The number of hydrogen-bond donors (Lipinski definition) is 1. The zero-order valence-electron chi connectivity index (χ0n) is 9.58. The lowest BCUT2D eigenvalue weighted by Gasteiger charge is -2.24. The topological polar surface area (TPSA) is 29.5 Å². The Labute approximate surface area is 90.9 Å². The molecular weight excluding hydrogens is 188 g/mol. The third kappa shape index (κ3) is 1.92. The quantitative estimate of drug-likeness (QED) is 0.823. The Morgan fingerprint density at radius 2 is 1.73 bits per heavy atom. The van der Waals surface area contributed by atoms with E-state index >= 15 is 0 Å². The van der Waals surface area contributed by atoms with Gasteiger partial charge < -0.3 is 9.84 Å². The molecule has 1 saturated carbocycles. The van der Waals surface area contributed by atoms with Gasteiger partial charge in [-0.15, -0.1) is 0 Å². The van der Waals surface area contributed by atoms with Crippen LogP contribution in [0.3, 0.4) is 0 Å². The number of benzene rings is 1. The van der Waals surface area contributed by atoms with E-state index in [0.717, 1.165) is 24.0 Å². The molecule has 1 fully saturated rings. The highest BCUT2D eigenvalue weighted by Gasteiger charge is 2.42. The number of rotatable bonds is 3. The molecule has 0 bridgehead atoms. The molecule has 0 heterocycles. The van der Waals surface area contributed by atoms with Gasteiger partial charge >= 0.3 is 0 Å². The lowest BCUT2D eigenvalue weighted by Crippen LogP contribution is -2.19. The summed E-state index contributed by atoms with van der Waals surface area (Å²) in [6.07, 6.45) is 1.78. The lowest BCUT2D eigenvalue weighted by atomic mass is 9.95. The highest BCUT2D eigenvalue weighted by atomic mass is 16.5. The fourth-order valence-electron chi connectivity index (χ4n) is 1.71. The maximum absolute atomic E-state index is 9.92. The van der Waals surface area contributed by atoms with E-state index in [4.69, 9.17) is 4.74 Å². The molecule has 0 saturated heterocycles. The van der Waals surface area contributed by atoms with Crippen molar-refractivity contribution in [2.24, 2.45) is 0 Å². The summed E-state index contributed by atoms with van der Waals surface area (Å²) in [6, 6.07) is 8.08. The average Bonchev–Trinajstić information content (AvgIpc) is 2.98. The van der Waals surface area contributed by atoms with E-state index in [-0.39, 0.29) is 5.60 Å². The number of hydrogen-bond acceptors (Lipinski definition) is 2. The molecule has 15 heavy (non-hydrogen) atoms. The van der Waals surface area contributed by atoms with Gasteiger partial charge in [-0.25, -0.2) is 0 Å². The molecule has 1 aromatic rings. The molecule has 2 rings (SSSR count). The van der Waals surface area contributed by atoms with E-state index in [1.165, 1.54) is 0 Å². The van der Waals surface area contributed by atoms with Gasteiger partial charge in [0.2, 0.25) is 0 Å². The summed E-state index contributed by atoms with van der Waals surface area (Å²) >= 11 is 0. The minimum atomic E-state index is -0.532. The Hall–Kier alpha value is -0.860. The van der Waals surface area contributed by atoms with Gasteiger partial charge in [-0.3, -0.25) is 0 Å². The lowest BCUT2D eigenvalue weighted by molar-refractivity contribution is 0.0191. The Morgan fingerprint density at radius 3 is 2.13 bits per heavy atom. The molecule has 1 aromatic carbocycles. The van der Waals surface area contributed by atoms with Crippen molar-refractivity contribution in [1.82, 2.24) is 0 Å². The van der Waals surface area contributed by atoms with Crippen molar-refractivity contribution in [3.8, 4) is 0 Å². The molecule has 0 radical (unpaired) electrons. The van der Waals surface area contributed by atoms with Gasteiger partial charge in [0.1, 0.15) is 0 Å². The Bertz CT molecular complexity index is 347. The summed E-state index contributed by atoms with van der Waals surface area (Å²) in [4.78, 5) is 0. The van der Waals surface area contributed by atoms with Crippen LogP contribution >= 0.6 is 0 Å². The average molecular weight is 206 g/mol. The van der Waals surface area contributed by atoms with Gasteiger partial charge in [-0.1, -0.05) is 24.3 Å². The van der Waals surface area contributed by atoms with Gasteiger partial charge in [0.15, 0.2) is 0 Å². The second-order valence-electron chi connectivity index (χ2n) is 4.82. The van der Waals surface area contributed by atoms with Crippen molar-refractivity contribution >= 4 is 0 Å². The zero-order valence-corrected chi connectivity index (χ0v) is 9.58. The smallest absolute Gasteiger partial charge is 0.0899 e.